The first-order valence-electron chi connectivity index (χ1n) is 16.3. The molecule has 10 heteroatoms. The average molecular weight is 618 g/mol. The quantitative estimate of drug-likeness (QED) is 0.399. The van der Waals surface area contributed by atoms with Crippen LogP contribution in [0.15, 0.2) is 36.4 Å². The van der Waals surface area contributed by atoms with Gasteiger partial charge in [0.2, 0.25) is 11.8 Å². The highest BCUT2D eigenvalue weighted by molar-refractivity contribution is 5.94. The summed E-state index contributed by atoms with van der Waals surface area (Å²) in [6.45, 7) is 12.0. The Labute approximate surface area is 265 Å². The third-order valence-corrected chi connectivity index (χ3v) is 9.69. The number of nitrogens with one attached hydrogen (secondary N) is 3. The number of amides is 3. The molecule has 5 rings (SSSR count). The Morgan fingerprint density at radius 3 is 2.40 bits per heavy atom. The van der Waals surface area contributed by atoms with Gasteiger partial charge in [0.25, 0.3) is 5.91 Å². The van der Waals surface area contributed by atoms with E-state index in [-0.39, 0.29) is 23.1 Å². The number of pyridine rings is 1. The van der Waals surface area contributed by atoms with Gasteiger partial charge in [-0.05, 0) is 81.4 Å². The summed E-state index contributed by atoms with van der Waals surface area (Å²) in [5, 5.41) is 8.22. The lowest BCUT2D eigenvalue weighted by molar-refractivity contribution is -0.157. The lowest BCUT2D eigenvalue weighted by atomic mass is 9.64. The van der Waals surface area contributed by atoms with Crippen molar-refractivity contribution in [3.8, 4) is 0 Å². The first-order chi connectivity index (χ1) is 21.3. The molecule has 3 heterocycles. The molecule has 1 spiro atoms. The summed E-state index contributed by atoms with van der Waals surface area (Å²) in [6.07, 6.45) is 7.54. The highest BCUT2D eigenvalue weighted by Gasteiger charge is 2.44. The fraction of sp³-hybridized carbons (Fsp3) is 0.571. The smallest absolute Gasteiger partial charge is 0.325 e. The Morgan fingerprint density at radius 2 is 1.69 bits per heavy atom. The molecule has 2 fully saturated rings. The van der Waals surface area contributed by atoms with Crippen molar-refractivity contribution in [2.75, 3.05) is 6.54 Å². The third-order valence-electron chi connectivity index (χ3n) is 9.69. The summed E-state index contributed by atoms with van der Waals surface area (Å²) in [6, 6.07) is 7.37. The second kappa shape index (κ2) is 12.9. The predicted molar refractivity (Wildman–Crippen MR) is 172 cm³/mol. The van der Waals surface area contributed by atoms with Crippen LogP contribution in [-0.2, 0) is 23.9 Å². The Hall–Kier alpha value is -3.79. The van der Waals surface area contributed by atoms with Crippen LogP contribution in [0.3, 0.4) is 0 Å². The molecule has 3 aliphatic rings. The van der Waals surface area contributed by atoms with Gasteiger partial charge in [-0.15, -0.1) is 0 Å². The van der Waals surface area contributed by atoms with E-state index in [1.807, 2.05) is 56.3 Å². The maximum atomic E-state index is 14.2. The largest absolute Gasteiger partial charge is 0.455 e. The molecule has 0 unspecified atom stereocenters. The molecular formula is C35H47N5O5. The van der Waals surface area contributed by atoms with E-state index in [0.717, 1.165) is 29.3 Å². The van der Waals surface area contributed by atoms with Gasteiger partial charge in [0.05, 0.1) is 16.6 Å². The molecule has 45 heavy (non-hydrogen) atoms. The first kappa shape index (κ1) is 32.6. The summed E-state index contributed by atoms with van der Waals surface area (Å²) in [5.41, 5.74) is 4.61. The molecule has 5 bridgehead atoms. The number of benzene rings is 1. The molecule has 1 saturated heterocycles. The summed E-state index contributed by atoms with van der Waals surface area (Å²) >= 11 is 0. The van der Waals surface area contributed by atoms with Crippen LogP contribution >= 0.6 is 0 Å². The molecule has 2 aliphatic heterocycles. The minimum atomic E-state index is -0.877. The molecule has 1 aliphatic carbocycles. The predicted octanol–water partition coefficient (Wildman–Crippen LogP) is 4.59. The van der Waals surface area contributed by atoms with Gasteiger partial charge in [-0.3, -0.25) is 24.2 Å². The van der Waals surface area contributed by atoms with Crippen molar-refractivity contribution in [1.82, 2.24) is 26.1 Å². The number of nitrogens with zero attached hydrogens (tertiary/aromatic N) is 2. The van der Waals surface area contributed by atoms with Crippen molar-refractivity contribution >= 4 is 40.7 Å². The van der Waals surface area contributed by atoms with Crippen LogP contribution in [0.5, 0.6) is 0 Å². The van der Waals surface area contributed by atoms with E-state index >= 15 is 0 Å². The highest BCUT2D eigenvalue weighted by atomic mass is 16.5. The number of hydrazine groups is 1. The van der Waals surface area contributed by atoms with Gasteiger partial charge in [0.1, 0.15) is 24.2 Å². The number of cyclic esters (lactones) is 1. The van der Waals surface area contributed by atoms with E-state index < -0.39 is 41.5 Å². The number of ether oxygens (including phenoxy) is 1. The molecule has 3 N–H and O–H groups in total. The van der Waals surface area contributed by atoms with E-state index in [0.29, 0.717) is 37.9 Å². The van der Waals surface area contributed by atoms with Crippen LogP contribution < -0.4 is 16.1 Å². The molecule has 1 aromatic carbocycles. The Kier molecular flexibility index (Phi) is 9.35. The van der Waals surface area contributed by atoms with Gasteiger partial charge in [-0.2, -0.15) is 0 Å². The van der Waals surface area contributed by atoms with Crippen LogP contribution in [0, 0.1) is 16.7 Å². The maximum absolute atomic E-state index is 14.2. The van der Waals surface area contributed by atoms with Crippen LogP contribution in [0.2, 0.25) is 0 Å². The van der Waals surface area contributed by atoms with Crippen LogP contribution in [0.1, 0.15) is 97.4 Å². The van der Waals surface area contributed by atoms with Gasteiger partial charge in [0.15, 0.2) is 0 Å². The lowest BCUT2D eigenvalue weighted by Crippen LogP contribution is -2.61. The summed E-state index contributed by atoms with van der Waals surface area (Å²) in [4.78, 5) is 59.1. The maximum Gasteiger partial charge on any atom is 0.325 e. The van der Waals surface area contributed by atoms with Gasteiger partial charge in [-0.1, -0.05) is 58.0 Å². The van der Waals surface area contributed by atoms with Gasteiger partial charge in [0, 0.05) is 11.9 Å². The van der Waals surface area contributed by atoms with Crippen LogP contribution in [0.25, 0.3) is 17.0 Å². The van der Waals surface area contributed by atoms with Crippen molar-refractivity contribution in [1.29, 1.82) is 0 Å². The molecule has 3 amide bonds. The van der Waals surface area contributed by atoms with E-state index in [4.69, 9.17) is 9.72 Å². The number of hydrogen-bond acceptors (Lipinski definition) is 7. The van der Waals surface area contributed by atoms with Gasteiger partial charge in [-0.25, -0.2) is 10.4 Å². The number of carbonyl (C=O) groups excluding carboxylic acids is 4. The SMILES string of the molecule is CC(C)[C@@H]1NC(=O)C2(/C=C/c3ccc4ccc(nc4c3)[C@@H](C)OC(=O)[C@@H]3CCCN(N3)C(=O)[C@H](C)NC1=O)CCC(C)(C)CC2. The number of rotatable bonds is 1. The monoisotopic (exact) mass is 617 g/mol. The number of esters is 1. The molecule has 0 radical (unpaired) electrons. The van der Waals surface area contributed by atoms with E-state index in [1.54, 1.807) is 13.8 Å². The first-order valence-corrected chi connectivity index (χ1v) is 16.3. The Bertz CT molecular complexity index is 1490. The number of aromatic nitrogens is 1. The van der Waals surface area contributed by atoms with Crippen molar-refractivity contribution in [3.05, 3.63) is 47.7 Å². The average Bonchev–Trinajstić information content (AvgIpc) is 3.01. The summed E-state index contributed by atoms with van der Waals surface area (Å²) in [7, 11) is 0. The van der Waals surface area contributed by atoms with Crippen LogP contribution in [0.4, 0.5) is 0 Å². The molecule has 10 nitrogen and oxygen atoms in total. The fourth-order valence-corrected chi connectivity index (χ4v) is 6.43. The Balaban J connectivity index is 1.54. The number of carbonyl (C=O) groups is 4. The van der Waals surface area contributed by atoms with E-state index in [2.05, 4.69) is 29.9 Å². The zero-order chi connectivity index (χ0) is 32.5. The molecule has 2 aromatic rings. The van der Waals surface area contributed by atoms with E-state index in [1.165, 1.54) is 5.01 Å². The summed E-state index contributed by atoms with van der Waals surface area (Å²) in [5.74, 6) is -1.65. The second-order valence-electron chi connectivity index (χ2n) is 14.2. The highest BCUT2D eigenvalue weighted by Crippen LogP contribution is 2.46. The zero-order valence-electron chi connectivity index (χ0n) is 27.3. The van der Waals surface area contributed by atoms with E-state index in [9.17, 15) is 19.2 Å². The molecule has 1 aromatic heterocycles. The molecule has 4 atom stereocenters. The zero-order valence-corrected chi connectivity index (χ0v) is 27.3. The van der Waals surface area contributed by atoms with Gasteiger partial charge < -0.3 is 15.4 Å². The van der Waals surface area contributed by atoms with Gasteiger partial charge >= 0.3 is 5.97 Å². The molecule has 242 valence electrons. The fourth-order valence-electron chi connectivity index (χ4n) is 6.43. The third kappa shape index (κ3) is 7.21. The minimum Gasteiger partial charge on any atom is -0.455 e. The standard InChI is InChI=1S/C35H47N5O5/c1-21(2)29-30(41)36-22(3)31(42)40-19-7-8-27(39-40)32(43)45-23(4)26-12-11-25-10-9-24(20-28(25)37-26)13-14-35(33(44)38-29)17-15-34(5,6)16-18-35/h9-14,20-23,27,29,39H,7-8,15-19H2,1-6H3,(H,36,41)(H,38,44)/b14-13+/t22-,23+,27-,29-/m0/s1. The molecular weight excluding hydrogens is 570 g/mol. The van der Waals surface area contributed by atoms with Crippen molar-refractivity contribution < 1.29 is 23.9 Å². The van der Waals surface area contributed by atoms with Crippen molar-refractivity contribution in [2.24, 2.45) is 16.7 Å². The van der Waals surface area contributed by atoms with Crippen molar-refractivity contribution in [2.45, 2.75) is 104 Å². The summed E-state index contributed by atoms with van der Waals surface area (Å²) < 4.78 is 5.81. The second-order valence-corrected chi connectivity index (χ2v) is 14.2. The number of fused-ring (bicyclic) bond motifs is 4. The lowest BCUT2D eigenvalue weighted by Gasteiger charge is -2.41. The van der Waals surface area contributed by atoms with Crippen LogP contribution in [-0.4, -0.2) is 58.4 Å². The minimum absolute atomic E-state index is 0.122. The number of hydrogen-bond donors (Lipinski definition) is 3. The molecule has 1 saturated carbocycles. The van der Waals surface area contributed by atoms with Crippen molar-refractivity contribution in [3.63, 3.8) is 0 Å². The normalized spacial score (nSPS) is 28.5. The Morgan fingerprint density at radius 1 is 0.978 bits per heavy atom. The topological polar surface area (TPSA) is 130 Å².